The van der Waals surface area contributed by atoms with E-state index in [0.717, 1.165) is 0 Å². The summed E-state index contributed by atoms with van der Waals surface area (Å²) in [4.78, 5) is 13.6. The molecule has 0 aliphatic heterocycles. The topological polar surface area (TPSA) is 59.4 Å². The highest BCUT2D eigenvalue weighted by atomic mass is 127. The molecule has 106 valence electrons. The Labute approximate surface area is 114 Å². The second-order valence-corrected chi connectivity index (χ2v) is 4.12. The van der Waals surface area contributed by atoms with Crippen molar-refractivity contribution in [2.45, 2.75) is 12.5 Å². The Bertz CT molecular complexity index is 512. The highest BCUT2D eigenvalue weighted by Crippen LogP contribution is 2.37. The van der Waals surface area contributed by atoms with Crippen molar-refractivity contribution in [1.82, 2.24) is 4.98 Å². The van der Waals surface area contributed by atoms with Crippen LogP contribution in [0.1, 0.15) is 16.1 Å². The molecule has 0 amide bonds. The number of hydrogen-bond donors (Lipinski definition) is 1. The molecule has 1 N–H and O–H groups in total. The summed E-state index contributed by atoms with van der Waals surface area (Å²) in [7, 11) is 0. The van der Waals surface area contributed by atoms with Gasteiger partial charge in [-0.25, -0.2) is 9.78 Å². The number of halogens is 7. The van der Waals surface area contributed by atoms with Gasteiger partial charge in [-0.1, -0.05) is 0 Å². The Hall–Kier alpha value is -1.27. The summed E-state index contributed by atoms with van der Waals surface area (Å²) in [5.74, 6) is -3.69. The molecular formula is C8H2F6INO3. The van der Waals surface area contributed by atoms with Crippen molar-refractivity contribution in [3.05, 3.63) is 21.0 Å². The lowest BCUT2D eigenvalue weighted by molar-refractivity contribution is -0.275. The average Bonchev–Trinajstić information content (AvgIpc) is 2.11. The second kappa shape index (κ2) is 5.02. The first-order valence-corrected chi connectivity index (χ1v) is 5.26. The van der Waals surface area contributed by atoms with Crippen LogP contribution in [0.25, 0.3) is 0 Å². The summed E-state index contributed by atoms with van der Waals surface area (Å²) in [6, 6.07) is 0.451. The Morgan fingerprint density at radius 3 is 2.16 bits per heavy atom. The number of ether oxygens (including phenoxy) is 1. The molecule has 0 radical (unpaired) electrons. The molecule has 11 heteroatoms. The van der Waals surface area contributed by atoms with E-state index in [1.165, 1.54) is 22.6 Å². The standard InChI is InChI=1S/C8H2F6INO3/c9-7(10,11)5-4(6(17)18)2(1-3(15)16-5)19-8(12,13)14/h1H,(H,17,18). The van der Waals surface area contributed by atoms with E-state index < -0.39 is 39.2 Å². The minimum Gasteiger partial charge on any atom is -0.477 e. The van der Waals surface area contributed by atoms with Crippen molar-refractivity contribution >= 4 is 28.6 Å². The SMILES string of the molecule is O=C(O)c1c(OC(F)(F)F)cc(I)nc1C(F)(F)F. The monoisotopic (exact) mass is 401 g/mol. The first kappa shape index (κ1) is 15.8. The van der Waals surface area contributed by atoms with E-state index in [9.17, 15) is 31.1 Å². The highest BCUT2D eigenvalue weighted by Gasteiger charge is 2.42. The first-order valence-electron chi connectivity index (χ1n) is 4.18. The van der Waals surface area contributed by atoms with Gasteiger partial charge in [0, 0.05) is 6.07 Å². The zero-order valence-electron chi connectivity index (χ0n) is 8.43. The molecule has 0 aliphatic carbocycles. The molecule has 1 aromatic heterocycles. The molecular weight excluding hydrogens is 399 g/mol. The lowest BCUT2D eigenvalue weighted by Crippen LogP contribution is -2.23. The molecule has 4 nitrogen and oxygen atoms in total. The normalized spacial score (nSPS) is 12.4. The summed E-state index contributed by atoms with van der Waals surface area (Å²) in [6.45, 7) is 0. The number of carbonyl (C=O) groups is 1. The van der Waals surface area contributed by atoms with Gasteiger partial charge >= 0.3 is 18.5 Å². The van der Waals surface area contributed by atoms with E-state index in [-0.39, 0.29) is 0 Å². The van der Waals surface area contributed by atoms with E-state index in [1.54, 1.807) is 0 Å². The molecule has 0 aliphatic rings. The molecule has 0 spiro atoms. The van der Waals surface area contributed by atoms with Crippen molar-refractivity contribution < 1.29 is 41.0 Å². The predicted octanol–water partition coefficient (Wildman–Crippen LogP) is 3.30. The van der Waals surface area contributed by atoms with Crippen LogP contribution in [0.15, 0.2) is 6.07 Å². The molecule has 1 rings (SSSR count). The third-order valence-electron chi connectivity index (χ3n) is 1.66. The molecule has 0 saturated heterocycles. The predicted molar refractivity (Wildman–Crippen MR) is 55.6 cm³/mol. The summed E-state index contributed by atoms with van der Waals surface area (Å²) in [5, 5.41) is 8.61. The fraction of sp³-hybridized carbons (Fsp3) is 0.250. The summed E-state index contributed by atoms with van der Waals surface area (Å²) < 4.78 is 76.5. The van der Waals surface area contributed by atoms with Crippen LogP contribution in [0.5, 0.6) is 5.75 Å². The highest BCUT2D eigenvalue weighted by molar-refractivity contribution is 14.1. The van der Waals surface area contributed by atoms with Crippen LogP contribution in [0, 0.1) is 3.70 Å². The van der Waals surface area contributed by atoms with Gasteiger partial charge in [-0.15, -0.1) is 13.2 Å². The largest absolute Gasteiger partial charge is 0.573 e. The smallest absolute Gasteiger partial charge is 0.477 e. The van der Waals surface area contributed by atoms with Gasteiger partial charge in [-0.2, -0.15) is 13.2 Å². The van der Waals surface area contributed by atoms with Crippen molar-refractivity contribution in [2.75, 3.05) is 0 Å². The van der Waals surface area contributed by atoms with E-state index in [2.05, 4.69) is 9.72 Å². The number of carboxylic acids is 1. The van der Waals surface area contributed by atoms with Gasteiger partial charge in [0.25, 0.3) is 0 Å². The van der Waals surface area contributed by atoms with Crippen molar-refractivity contribution in [3.8, 4) is 5.75 Å². The molecule has 0 aromatic carbocycles. The number of pyridine rings is 1. The molecule has 1 heterocycles. The minimum atomic E-state index is -5.32. The van der Waals surface area contributed by atoms with Gasteiger partial charge in [0.05, 0.1) is 0 Å². The van der Waals surface area contributed by atoms with Gasteiger partial charge in [-0.05, 0) is 22.6 Å². The van der Waals surface area contributed by atoms with E-state index >= 15 is 0 Å². The lowest BCUT2D eigenvalue weighted by Gasteiger charge is -2.15. The van der Waals surface area contributed by atoms with Crippen LogP contribution in [-0.4, -0.2) is 22.4 Å². The zero-order valence-corrected chi connectivity index (χ0v) is 10.6. The third kappa shape index (κ3) is 4.11. The van der Waals surface area contributed by atoms with E-state index in [1.807, 2.05) is 0 Å². The fourth-order valence-electron chi connectivity index (χ4n) is 1.11. The van der Waals surface area contributed by atoms with Crippen LogP contribution in [0.2, 0.25) is 0 Å². The zero-order chi connectivity index (χ0) is 15.0. The maximum atomic E-state index is 12.5. The van der Waals surface area contributed by atoms with Crippen LogP contribution in [-0.2, 0) is 6.18 Å². The number of hydrogen-bond acceptors (Lipinski definition) is 3. The second-order valence-electron chi connectivity index (χ2n) is 3.02. The first-order chi connectivity index (χ1) is 8.42. The summed E-state index contributed by atoms with van der Waals surface area (Å²) in [5.41, 5.74) is -3.64. The quantitative estimate of drug-likeness (QED) is 0.470. The van der Waals surface area contributed by atoms with Crippen LogP contribution in [0.4, 0.5) is 26.3 Å². The molecule has 0 saturated carbocycles. The number of rotatable bonds is 2. The van der Waals surface area contributed by atoms with Crippen LogP contribution in [0.3, 0.4) is 0 Å². The van der Waals surface area contributed by atoms with Crippen molar-refractivity contribution in [2.24, 2.45) is 0 Å². The molecule has 19 heavy (non-hydrogen) atoms. The van der Waals surface area contributed by atoms with Crippen LogP contribution < -0.4 is 4.74 Å². The molecule has 0 bridgehead atoms. The maximum absolute atomic E-state index is 12.5. The fourth-order valence-corrected chi connectivity index (χ4v) is 1.63. The Kier molecular flexibility index (Phi) is 4.17. The lowest BCUT2D eigenvalue weighted by atomic mass is 10.1. The van der Waals surface area contributed by atoms with Crippen LogP contribution >= 0.6 is 22.6 Å². The number of alkyl halides is 6. The number of nitrogens with zero attached hydrogens (tertiary/aromatic N) is 1. The molecule has 0 atom stereocenters. The van der Waals surface area contributed by atoms with Gasteiger partial charge in [0.2, 0.25) is 0 Å². The van der Waals surface area contributed by atoms with E-state index in [4.69, 9.17) is 5.11 Å². The molecule has 0 unspecified atom stereocenters. The van der Waals surface area contributed by atoms with Gasteiger partial charge in [0.1, 0.15) is 15.0 Å². The Morgan fingerprint density at radius 2 is 1.79 bits per heavy atom. The molecule has 0 fully saturated rings. The Balaban J connectivity index is 3.54. The number of aromatic carboxylic acids is 1. The molecule has 1 aromatic rings. The van der Waals surface area contributed by atoms with Gasteiger partial charge < -0.3 is 9.84 Å². The number of aromatic nitrogens is 1. The minimum absolute atomic E-state index is 0.451. The number of carboxylic acid groups (broad SMARTS) is 1. The summed E-state index contributed by atoms with van der Waals surface area (Å²) >= 11 is 1.21. The Morgan fingerprint density at radius 1 is 1.26 bits per heavy atom. The van der Waals surface area contributed by atoms with E-state index in [0.29, 0.717) is 6.07 Å². The van der Waals surface area contributed by atoms with Gasteiger partial charge in [-0.3, -0.25) is 0 Å². The maximum Gasteiger partial charge on any atom is 0.573 e. The summed E-state index contributed by atoms with van der Waals surface area (Å²) in [6.07, 6.45) is -10.5. The van der Waals surface area contributed by atoms with Crippen molar-refractivity contribution in [3.63, 3.8) is 0 Å². The average molecular weight is 401 g/mol. The third-order valence-corrected chi connectivity index (χ3v) is 2.21. The van der Waals surface area contributed by atoms with Crippen molar-refractivity contribution in [1.29, 1.82) is 0 Å². The van der Waals surface area contributed by atoms with Gasteiger partial charge in [0.15, 0.2) is 5.69 Å².